The highest BCUT2D eigenvalue weighted by Gasteiger charge is 2.54. The van der Waals surface area contributed by atoms with Crippen molar-refractivity contribution >= 4 is 5.91 Å². The number of unbranched alkanes of at least 4 members (excludes halogenated alkanes) is 51. The van der Waals surface area contributed by atoms with E-state index in [0.717, 1.165) is 38.5 Å². The normalized spacial score (nSPS) is 26.2. The van der Waals surface area contributed by atoms with Crippen LogP contribution in [0, 0.1) is 0 Å². The van der Waals surface area contributed by atoms with Crippen molar-refractivity contribution in [2.75, 3.05) is 26.4 Å². The fraction of sp³-hybridized carbons (Fsp3) is 0.940. The minimum Gasteiger partial charge on any atom is -0.394 e. The highest BCUT2D eigenvalue weighted by molar-refractivity contribution is 5.76. The second kappa shape index (κ2) is 64.1. The van der Waals surface area contributed by atoms with Crippen molar-refractivity contribution in [3.8, 4) is 0 Å². The van der Waals surface area contributed by atoms with Crippen LogP contribution in [0.15, 0.2) is 24.3 Å². The first-order chi connectivity index (χ1) is 49.8. The molecule has 0 saturated carbocycles. The molecule has 0 bridgehead atoms. The van der Waals surface area contributed by atoms with E-state index in [1.807, 2.05) is 6.08 Å². The van der Waals surface area contributed by atoms with Crippen LogP contribution in [0.5, 0.6) is 0 Å². The molecule has 19 nitrogen and oxygen atoms in total. The summed E-state index contributed by atoms with van der Waals surface area (Å²) in [5.74, 6) is -0.276. The molecule has 602 valence electrons. The zero-order valence-corrected chi connectivity index (χ0v) is 64.6. The first-order valence-corrected chi connectivity index (χ1v) is 42.6. The molecule has 12 N–H and O–H groups in total. The zero-order chi connectivity index (χ0) is 73.9. The predicted molar refractivity (Wildman–Crippen MR) is 406 cm³/mol. The van der Waals surface area contributed by atoms with Gasteiger partial charge in [-0.1, -0.05) is 353 Å². The molecule has 0 radical (unpaired) electrons. The van der Waals surface area contributed by atoms with E-state index in [1.165, 1.54) is 295 Å². The van der Waals surface area contributed by atoms with Crippen molar-refractivity contribution in [3.63, 3.8) is 0 Å². The van der Waals surface area contributed by atoms with E-state index in [9.17, 15) is 61.0 Å². The first-order valence-electron chi connectivity index (χ1n) is 42.6. The van der Waals surface area contributed by atoms with Crippen LogP contribution in [0.4, 0.5) is 0 Å². The van der Waals surface area contributed by atoms with Crippen molar-refractivity contribution in [1.82, 2.24) is 5.32 Å². The fourth-order valence-electron chi connectivity index (χ4n) is 14.7. The first kappa shape index (κ1) is 94.5. The summed E-state index contributed by atoms with van der Waals surface area (Å²) in [5, 5.41) is 121. The molecule has 102 heavy (non-hydrogen) atoms. The molecule has 0 spiro atoms. The van der Waals surface area contributed by atoms with E-state index in [0.29, 0.717) is 12.8 Å². The molecule has 1 amide bonds. The van der Waals surface area contributed by atoms with Gasteiger partial charge in [-0.05, 0) is 32.1 Å². The minimum absolute atomic E-state index is 0.241. The van der Waals surface area contributed by atoms with Crippen molar-refractivity contribution < 1.29 is 89.4 Å². The van der Waals surface area contributed by atoms with Gasteiger partial charge in [-0.3, -0.25) is 4.79 Å². The number of amides is 1. The molecule has 0 aromatic heterocycles. The lowest BCUT2D eigenvalue weighted by Gasteiger charge is -2.48. The van der Waals surface area contributed by atoms with Gasteiger partial charge in [-0.2, -0.15) is 0 Å². The van der Waals surface area contributed by atoms with Gasteiger partial charge in [0.05, 0.1) is 38.6 Å². The van der Waals surface area contributed by atoms with E-state index in [4.69, 9.17) is 28.4 Å². The quantitative estimate of drug-likeness (QED) is 0.0199. The average Bonchev–Trinajstić information content (AvgIpc) is 0.781. The van der Waals surface area contributed by atoms with Crippen molar-refractivity contribution in [2.45, 2.75) is 471 Å². The summed E-state index contributed by atoms with van der Waals surface area (Å²) in [6.07, 6.45) is 51.8. The molecule has 3 heterocycles. The van der Waals surface area contributed by atoms with Gasteiger partial charge >= 0.3 is 0 Å². The lowest BCUT2D eigenvalue weighted by molar-refractivity contribution is -0.379. The van der Waals surface area contributed by atoms with Gasteiger partial charge in [0.1, 0.15) is 73.2 Å². The Balaban J connectivity index is 1.36. The Hall–Kier alpha value is -1.73. The molecule has 3 aliphatic heterocycles. The molecule has 17 atom stereocenters. The van der Waals surface area contributed by atoms with Crippen LogP contribution in [0.1, 0.15) is 367 Å². The number of aliphatic hydroxyl groups excluding tert-OH is 11. The number of hydrogen-bond acceptors (Lipinski definition) is 18. The summed E-state index contributed by atoms with van der Waals surface area (Å²) in [4.78, 5) is 13.5. The van der Waals surface area contributed by atoms with Crippen LogP contribution in [-0.4, -0.2) is 193 Å². The number of carbonyl (C=O) groups is 1. The Labute approximate surface area is 619 Å². The molecule has 3 rings (SSSR count). The molecule has 0 aromatic rings. The molecular formula is C83H157NO18. The van der Waals surface area contributed by atoms with Crippen LogP contribution < -0.4 is 5.32 Å². The Morgan fingerprint density at radius 3 is 0.980 bits per heavy atom. The molecule has 3 saturated heterocycles. The van der Waals surface area contributed by atoms with Crippen molar-refractivity contribution in [2.24, 2.45) is 0 Å². The molecule has 0 aliphatic carbocycles. The monoisotopic (exact) mass is 1460 g/mol. The molecule has 0 aromatic carbocycles. The number of nitrogens with one attached hydrogen (secondary N) is 1. The topological polar surface area (TPSA) is 307 Å². The van der Waals surface area contributed by atoms with Gasteiger partial charge in [0, 0.05) is 6.42 Å². The van der Waals surface area contributed by atoms with E-state index in [-0.39, 0.29) is 18.9 Å². The maximum Gasteiger partial charge on any atom is 0.220 e. The predicted octanol–water partition coefficient (Wildman–Crippen LogP) is 14.9. The van der Waals surface area contributed by atoms with Gasteiger partial charge in [-0.25, -0.2) is 0 Å². The van der Waals surface area contributed by atoms with Crippen LogP contribution in [0.2, 0.25) is 0 Å². The highest BCUT2D eigenvalue weighted by Crippen LogP contribution is 2.33. The maximum atomic E-state index is 13.5. The number of allylic oxidation sites excluding steroid dienone is 3. The summed E-state index contributed by atoms with van der Waals surface area (Å²) in [6.45, 7) is 1.79. The summed E-state index contributed by atoms with van der Waals surface area (Å²) in [6, 6.07) is -0.989. The lowest BCUT2D eigenvalue weighted by atomic mass is 9.96. The number of ether oxygens (including phenoxy) is 6. The zero-order valence-electron chi connectivity index (χ0n) is 64.6. The molecular weight excluding hydrogens is 1300 g/mol. The summed E-state index contributed by atoms with van der Waals surface area (Å²) in [7, 11) is 0. The SMILES string of the molecule is CCCCCCCCCCCCCCCCCCCCCCCC/C=C/CC/C=C/C(O)C(COC1OC(CO)C(OC2OC(CO)C(OC3OC(CO)C(O)C(O)C3O)C(O)C2O)C(O)C1O)NC(=O)CCCCCCCCCCCCCCCCCCCCCCCCCCCCCCC. The largest absolute Gasteiger partial charge is 0.394 e. The van der Waals surface area contributed by atoms with E-state index < -0.39 is 124 Å². The van der Waals surface area contributed by atoms with Gasteiger partial charge in [0.15, 0.2) is 18.9 Å². The maximum absolute atomic E-state index is 13.5. The Kier molecular flexibility index (Phi) is 59.4. The third-order valence-electron chi connectivity index (χ3n) is 21.5. The minimum atomic E-state index is -1.98. The number of aliphatic hydroxyl groups is 11. The van der Waals surface area contributed by atoms with Gasteiger partial charge in [0.2, 0.25) is 5.91 Å². The molecule has 3 fully saturated rings. The highest BCUT2D eigenvalue weighted by atomic mass is 16.8. The number of carbonyl (C=O) groups excluding carboxylic acids is 1. The second-order valence-corrected chi connectivity index (χ2v) is 30.6. The summed E-state index contributed by atoms with van der Waals surface area (Å²) >= 11 is 0. The van der Waals surface area contributed by atoms with Crippen LogP contribution in [0.25, 0.3) is 0 Å². The standard InChI is InChI=1S/C83H157NO18/c1-3-5-7-9-11-13-15-17-19-21-23-25-27-29-31-33-35-37-39-41-43-45-47-49-51-53-55-57-59-61-71(89)84-66(67(88)60-58-56-54-52-50-48-46-44-42-40-38-36-34-32-30-28-26-24-22-20-18-16-14-12-10-8-6-4-2)65-97-81-77(95)74(92)79(69(63-86)99-81)102-83-78(96)75(93)80(70(64-87)100-83)101-82-76(94)73(91)72(90)68(62-85)98-82/h50,52,58,60,66-70,72-83,85-88,90-96H,3-49,51,53-57,59,61-65H2,1-2H3,(H,84,89)/b52-50+,60-58+. The third-order valence-corrected chi connectivity index (χ3v) is 21.5. The average molecular weight is 1460 g/mol. The Morgan fingerprint density at radius 1 is 0.343 bits per heavy atom. The lowest BCUT2D eigenvalue weighted by Crippen LogP contribution is -2.66. The van der Waals surface area contributed by atoms with E-state index in [1.54, 1.807) is 6.08 Å². The van der Waals surface area contributed by atoms with Crippen molar-refractivity contribution in [3.05, 3.63) is 24.3 Å². The van der Waals surface area contributed by atoms with E-state index >= 15 is 0 Å². The number of hydrogen-bond donors (Lipinski definition) is 12. The third kappa shape index (κ3) is 43.5. The molecule has 3 aliphatic rings. The Bertz CT molecular complexity index is 1940. The van der Waals surface area contributed by atoms with Crippen LogP contribution in [-0.2, 0) is 33.2 Å². The van der Waals surface area contributed by atoms with Gasteiger partial charge in [-0.15, -0.1) is 0 Å². The van der Waals surface area contributed by atoms with E-state index in [2.05, 4.69) is 31.3 Å². The number of rotatable bonds is 69. The van der Waals surface area contributed by atoms with Crippen LogP contribution in [0.3, 0.4) is 0 Å². The van der Waals surface area contributed by atoms with Gasteiger partial charge in [0.25, 0.3) is 0 Å². The van der Waals surface area contributed by atoms with Gasteiger partial charge < -0.3 is 89.9 Å². The molecule has 19 heteroatoms. The smallest absolute Gasteiger partial charge is 0.220 e. The molecule has 17 unspecified atom stereocenters. The summed E-state index contributed by atoms with van der Waals surface area (Å²) < 4.78 is 34.5. The van der Waals surface area contributed by atoms with Crippen LogP contribution >= 0.6 is 0 Å². The second-order valence-electron chi connectivity index (χ2n) is 30.6. The Morgan fingerprint density at radius 2 is 0.627 bits per heavy atom. The van der Waals surface area contributed by atoms with Crippen molar-refractivity contribution in [1.29, 1.82) is 0 Å². The summed E-state index contributed by atoms with van der Waals surface area (Å²) in [5.41, 5.74) is 0. The fourth-order valence-corrected chi connectivity index (χ4v) is 14.7.